The minimum Gasteiger partial charge on any atom is -0.376 e. The zero-order valence-electron chi connectivity index (χ0n) is 16.2. The molecule has 24 heavy (non-hydrogen) atoms. The van der Waals surface area contributed by atoms with E-state index in [1.807, 2.05) is 0 Å². The molecule has 130 valence electrons. The standard InChI is InChI=1S/C22H32N2/c1-14(2)18-10-8-11-19(15(3)4)22(18)23-17(7)21-13-9-12-20(24-21)16(5)6/h8-17,23H,1-7H3. The molecule has 1 unspecified atom stereocenters. The average Bonchev–Trinajstić information content (AvgIpc) is 2.54. The van der Waals surface area contributed by atoms with Gasteiger partial charge in [-0.2, -0.15) is 0 Å². The Hall–Kier alpha value is -1.83. The van der Waals surface area contributed by atoms with Crippen molar-refractivity contribution in [3.8, 4) is 0 Å². The monoisotopic (exact) mass is 324 g/mol. The lowest BCUT2D eigenvalue weighted by atomic mass is 9.92. The van der Waals surface area contributed by atoms with Crippen molar-refractivity contribution in [2.75, 3.05) is 5.32 Å². The van der Waals surface area contributed by atoms with Crippen LogP contribution in [0.3, 0.4) is 0 Å². The van der Waals surface area contributed by atoms with Gasteiger partial charge in [-0.15, -0.1) is 0 Å². The topological polar surface area (TPSA) is 24.9 Å². The first-order valence-corrected chi connectivity index (χ1v) is 9.17. The minimum absolute atomic E-state index is 0.182. The van der Waals surface area contributed by atoms with Crippen molar-refractivity contribution in [3.05, 3.63) is 58.9 Å². The molecule has 0 aliphatic carbocycles. The van der Waals surface area contributed by atoms with Gasteiger partial charge in [0.25, 0.3) is 0 Å². The Morgan fingerprint density at radius 2 is 1.17 bits per heavy atom. The summed E-state index contributed by atoms with van der Waals surface area (Å²) in [5, 5.41) is 3.76. The molecule has 0 fully saturated rings. The Balaban J connectivity index is 2.38. The molecule has 0 aliphatic heterocycles. The predicted molar refractivity (Wildman–Crippen MR) is 105 cm³/mol. The van der Waals surface area contributed by atoms with E-state index in [2.05, 4.69) is 90.2 Å². The Morgan fingerprint density at radius 1 is 0.667 bits per heavy atom. The van der Waals surface area contributed by atoms with Crippen LogP contribution in [0.2, 0.25) is 0 Å². The SMILES string of the molecule is CC(C)c1cccc(C(C)Nc2c(C(C)C)cccc2C(C)C)n1. The van der Waals surface area contributed by atoms with Crippen LogP contribution in [-0.4, -0.2) is 4.98 Å². The molecule has 0 amide bonds. The number of nitrogens with one attached hydrogen (secondary N) is 1. The molecular weight excluding hydrogens is 292 g/mol. The van der Waals surface area contributed by atoms with Gasteiger partial charge in [0.1, 0.15) is 0 Å². The highest BCUT2D eigenvalue weighted by Gasteiger charge is 2.17. The van der Waals surface area contributed by atoms with Crippen LogP contribution < -0.4 is 5.32 Å². The fraction of sp³-hybridized carbons (Fsp3) is 0.500. The smallest absolute Gasteiger partial charge is 0.0657 e. The summed E-state index contributed by atoms with van der Waals surface area (Å²) in [5.74, 6) is 1.44. The van der Waals surface area contributed by atoms with Crippen molar-refractivity contribution < 1.29 is 0 Å². The van der Waals surface area contributed by atoms with Gasteiger partial charge in [0.2, 0.25) is 0 Å². The number of hydrogen-bond acceptors (Lipinski definition) is 2. The quantitative estimate of drug-likeness (QED) is 0.645. The first kappa shape index (κ1) is 18.5. The van der Waals surface area contributed by atoms with Gasteiger partial charge in [-0.25, -0.2) is 0 Å². The van der Waals surface area contributed by atoms with Crippen molar-refractivity contribution >= 4 is 5.69 Å². The third-order valence-corrected chi connectivity index (χ3v) is 4.56. The Bertz CT molecular complexity index is 645. The number of anilines is 1. The van der Waals surface area contributed by atoms with Gasteiger partial charge in [-0.1, -0.05) is 65.8 Å². The van der Waals surface area contributed by atoms with Crippen LogP contribution in [-0.2, 0) is 0 Å². The van der Waals surface area contributed by atoms with Crippen molar-refractivity contribution in [3.63, 3.8) is 0 Å². The first-order chi connectivity index (χ1) is 11.3. The molecule has 2 heteroatoms. The van der Waals surface area contributed by atoms with Crippen molar-refractivity contribution in [1.29, 1.82) is 0 Å². The molecule has 0 saturated heterocycles. The van der Waals surface area contributed by atoms with Gasteiger partial charge in [-0.05, 0) is 47.9 Å². The molecule has 2 aromatic rings. The number of pyridine rings is 1. The molecule has 2 rings (SSSR count). The number of para-hydroxylation sites is 1. The Labute approximate surface area is 147 Å². The third-order valence-electron chi connectivity index (χ3n) is 4.56. The second kappa shape index (κ2) is 7.83. The summed E-state index contributed by atoms with van der Waals surface area (Å²) < 4.78 is 0. The molecule has 2 nitrogen and oxygen atoms in total. The highest BCUT2D eigenvalue weighted by Crippen LogP contribution is 2.34. The molecule has 1 N–H and O–H groups in total. The van der Waals surface area contributed by atoms with Crippen molar-refractivity contribution in [2.45, 2.75) is 72.3 Å². The minimum atomic E-state index is 0.182. The van der Waals surface area contributed by atoms with Crippen LogP contribution in [0.4, 0.5) is 5.69 Å². The average molecular weight is 325 g/mol. The maximum Gasteiger partial charge on any atom is 0.0657 e. The summed E-state index contributed by atoms with van der Waals surface area (Å²) in [5.41, 5.74) is 6.31. The third kappa shape index (κ3) is 4.17. The molecule has 0 radical (unpaired) electrons. The number of rotatable bonds is 6. The largest absolute Gasteiger partial charge is 0.376 e. The van der Waals surface area contributed by atoms with Gasteiger partial charge < -0.3 is 5.32 Å². The molecule has 1 atom stereocenters. The summed E-state index contributed by atoms with van der Waals surface area (Å²) in [7, 11) is 0. The summed E-state index contributed by atoms with van der Waals surface area (Å²) in [6, 6.07) is 13.2. The Kier molecular flexibility index (Phi) is 6.04. The summed E-state index contributed by atoms with van der Waals surface area (Å²) >= 11 is 0. The lowest BCUT2D eigenvalue weighted by Gasteiger charge is -2.24. The first-order valence-electron chi connectivity index (χ1n) is 9.17. The van der Waals surface area contributed by atoms with E-state index in [9.17, 15) is 0 Å². The van der Waals surface area contributed by atoms with Gasteiger partial charge in [0.15, 0.2) is 0 Å². The van der Waals surface area contributed by atoms with Gasteiger partial charge >= 0.3 is 0 Å². The molecule has 0 spiro atoms. The van der Waals surface area contributed by atoms with E-state index in [0.717, 1.165) is 11.4 Å². The van der Waals surface area contributed by atoms with Gasteiger partial charge in [0.05, 0.1) is 11.7 Å². The maximum atomic E-state index is 4.85. The van der Waals surface area contributed by atoms with E-state index in [1.165, 1.54) is 16.8 Å². The molecule has 1 aromatic heterocycles. The van der Waals surface area contributed by atoms with Crippen LogP contribution in [0, 0.1) is 0 Å². The molecule has 0 bridgehead atoms. The zero-order chi connectivity index (χ0) is 17.9. The molecule has 1 heterocycles. The lowest BCUT2D eigenvalue weighted by molar-refractivity contribution is 0.763. The van der Waals surface area contributed by atoms with Crippen LogP contribution in [0.1, 0.15) is 94.8 Å². The number of nitrogens with zero attached hydrogens (tertiary/aromatic N) is 1. The normalized spacial score (nSPS) is 12.9. The van der Waals surface area contributed by atoms with Crippen molar-refractivity contribution in [2.24, 2.45) is 0 Å². The van der Waals surface area contributed by atoms with E-state index in [-0.39, 0.29) is 6.04 Å². The van der Waals surface area contributed by atoms with Crippen LogP contribution in [0.5, 0.6) is 0 Å². The maximum absolute atomic E-state index is 4.85. The fourth-order valence-electron chi connectivity index (χ4n) is 3.04. The van der Waals surface area contributed by atoms with E-state index in [1.54, 1.807) is 0 Å². The molecule has 1 aromatic carbocycles. The highest BCUT2D eigenvalue weighted by molar-refractivity contribution is 5.61. The van der Waals surface area contributed by atoms with Gasteiger partial charge in [-0.3, -0.25) is 4.98 Å². The van der Waals surface area contributed by atoms with Crippen LogP contribution in [0.15, 0.2) is 36.4 Å². The predicted octanol–water partition coefficient (Wildman–Crippen LogP) is 6.62. The van der Waals surface area contributed by atoms with E-state index < -0.39 is 0 Å². The number of aromatic nitrogens is 1. The highest BCUT2D eigenvalue weighted by atomic mass is 14.9. The van der Waals surface area contributed by atoms with Crippen LogP contribution >= 0.6 is 0 Å². The molecular formula is C22H32N2. The molecule has 0 saturated carbocycles. The lowest BCUT2D eigenvalue weighted by Crippen LogP contribution is -2.13. The summed E-state index contributed by atoms with van der Waals surface area (Å²) in [6.07, 6.45) is 0. The van der Waals surface area contributed by atoms with E-state index >= 15 is 0 Å². The summed E-state index contributed by atoms with van der Waals surface area (Å²) in [6.45, 7) is 15.6. The van der Waals surface area contributed by atoms with Gasteiger partial charge in [0, 0.05) is 11.4 Å². The second-order valence-electron chi connectivity index (χ2n) is 7.63. The van der Waals surface area contributed by atoms with E-state index in [4.69, 9.17) is 4.98 Å². The Morgan fingerprint density at radius 3 is 1.67 bits per heavy atom. The van der Waals surface area contributed by atoms with E-state index in [0.29, 0.717) is 17.8 Å². The summed E-state index contributed by atoms with van der Waals surface area (Å²) in [4.78, 5) is 4.85. The van der Waals surface area contributed by atoms with Crippen LogP contribution in [0.25, 0.3) is 0 Å². The molecule has 0 aliphatic rings. The fourth-order valence-corrected chi connectivity index (χ4v) is 3.04. The number of benzene rings is 1. The zero-order valence-corrected chi connectivity index (χ0v) is 16.2. The second-order valence-corrected chi connectivity index (χ2v) is 7.63. The van der Waals surface area contributed by atoms with Crippen molar-refractivity contribution in [1.82, 2.24) is 4.98 Å². The number of hydrogen-bond donors (Lipinski definition) is 1.